The Morgan fingerprint density at radius 3 is 2.73 bits per heavy atom. The Kier molecular flexibility index (Phi) is 4.06. The van der Waals surface area contributed by atoms with Gasteiger partial charge in [-0.3, -0.25) is 4.98 Å². The molecule has 22 heavy (non-hydrogen) atoms. The molecule has 0 aliphatic heterocycles. The molecule has 0 aliphatic carbocycles. The van der Waals surface area contributed by atoms with Gasteiger partial charge in [0.1, 0.15) is 5.75 Å². The molecule has 5 nitrogen and oxygen atoms in total. The van der Waals surface area contributed by atoms with E-state index in [4.69, 9.17) is 20.9 Å². The molecule has 3 rings (SSSR count). The van der Waals surface area contributed by atoms with E-state index in [-0.39, 0.29) is 6.10 Å². The number of rotatable bonds is 4. The van der Waals surface area contributed by atoms with E-state index < -0.39 is 0 Å². The number of halogens is 1. The first-order chi connectivity index (χ1) is 10.6. The monoisotopic (exact) mass is 315 g/mol. The first-order valence-electron chi connectivity index (χ1n) is 6.84. The highest BCUT2D eigenvalue weighted by Crippen LogP contribution is 2.30. The van der Waals surface area contributed by atoms with Crippen molar-refractivity contribution in [1.29, 1.82) is 0 Å². The molecule has 0 spiro atoms. The van der Waals surface area contributed by atoms with Gasteiger partial charge in [-0.1, -0.05) is 16.8 Å². The topological polar surface area (TPSA) is 61.0 Å². The molecule has 1 aromatic carbocycles. The van der Waals surface area contributed by atoms with Crippen LogP contribution in [0.1, 0.15) is 13.8 Å². The van der Waals surface area contributed by atoms with E-state index in [2.05, 4.69) is 15.1 Å². The lowest BCUT2D eigenvalue weighted by Gasteiger charge is -2.11. The van der Waals surface area contributed by atoms with Crippen molar-refractivity contribution < 1.29 is 9.26 Å². The van der Waals surface area contributed by atoms with Gasteiger partial charge in [-0.25, -0.2) is 0 Å². The molecule has 0 aliphatic rings. The minimum Gasteiger partial charge on any atom is -0.489 e. The summed E-state index contributed by atoms with van der Waals surface area (Å²) in [5, 5.41) is 4.49. The van der Waals surface area contributed by atoms with Crippen LogP contribution in [0.4, 0.5) is 0 Å². The molecule has 3 aromatic rings. The third-order valence-electron chi connectivity index (χ3n) is 2.89. The zero-order chi connectivity index (χ0) is 15.5. The fourth-order valence-electron chi connectivity index (χ4n) is 1.94. The fourth-order valence-corrected chi connectivity index (χ4v) is 2.16. The van der Waals surface area contributed by atoms with Gasteiger partial charge < -0.3 is 9.26 Å². The van der Waals surface area contributed by atoms with Crippen LogP contribution in [0.25, 0.3) is 22.8 Å². The Bertz CT molecular complexity index is 772. The second kappa shape index (κ2) is 6.15. The van der Waals surface area contributed by atoms with Gasteiger partial charge in [0, 0.05) is 18.0 Å². The minimum atomic E-state index is 0.0608. The summed E-state index contributed by atoms with van der Waals surface area (Å²) < 4.78 is 10.9. The summed E-state index contributed by atoms with van der Waals surface area (Å²) >= 11 is 6.23. The standard InChI is InChI=1S/C16H14ClN3O2/c1-10(2)21-14-6-5-11(8-13(14)17)15-19-16(22-20-15)12-4-3-7-18-9-12/h3-10H,1-2H3. The number of pyridine rings is 1. The molecule has 0 fully saturated rings. The molecule has 0 N–H and O–H groups in total. The number of nitrogens with zero attached hydrogens (tertiary/aromatic N) is 3. The number of hydrogen-bond donors (Lipinski definition) is 0. The van der Waals surface area contributed by atoms with E-state index in [0.29, 0.717) is 22.5 Å². The van der Waals surface area contributed by atoms with E-state index in [1.807, 2.05) is 32.0 Å². The van der Waals surface area contributed by atoms with Crippen LogP contribution in [0, 0.1) is 0 Å². The highest BCUT2D eigenvalue weighted by atomic mass is 35.5. The Hall–Kier alpha value is -2.40. The molecule has 6 heteroatoms. The number of hydrogen-bond acceptors (Lipinski definition) is 5. The first kappa shape index (κ1) is 14.5. The third-order valence-corrected chi connectivity index (χ3v) is 3.18. The van der Waals surface area contributed by atoms with Gasteiger partial charge in [0.25, 0.3) is 5.89 Å². The summed E-state index contributed by atoms with van der Waals surface area (Å²) in [5.41, 5.74) is 1.53. The van der Waals surface area contributed by atoms with Crippen LogP contribution in [0.15, 0.2) is 47.2 Å². The maximum absolute atomic E-state index is 6.23. The number of benzene rings is 1. The highest BCUT2D eigenvalue weighted by Gasteiger charge is 2.13. The quantitative estimate of drug-likeness (QED) is 0.720. The van der Waals surface area contributed by atoms with Crippen LogP contribution in [0.3, 0.4) is 0 Å². The van der Waals surface area contributed by atoms with E-state index >= 15 is 0 Å². The predicted molar refractivity (Wildman–Crippen MR) is 83.7 cm³/mol. The second-order valence-electron chi connectivity index (χ2n) is 4.98. The van der Waals surface area contributed by atoms with E-state index in [9.17, 15) is 0 Å². The zero-order valence-corrected chi connectivity index (χ0v) is 12.9. The Balaban J connectivity index is 1.89. The van der Waals surface area contributed by atoms with Crippen molar-refractivity contribution in [3.63, 3.8) is 0 Å². The average molecular weight is 316 g/mol. The first-order valence-corrected chi connectivity index (χ1v) is 7.22. The molecule has 0 saturated carbocycles. The third kappa shape index (κ3) is 3.09. The van der Waals surface area contributed by atoms with E-state index in [1.54, 1.807) is 24.5 Å². The molecule has 0 bridgehead atoms. The smallest absolute Gasteiger partial charge is 0.259 e. The lowest BCUT2D eigenvalue weighted by atomic mass is 10.2. The van der Waals surface area contributed by atoms with Crippen molar-refractivity contribution in [2.75, 3.05) is 0 Å². The maximum Gasteiger partial charge on any atom is 0.259 e. The predicted octanol–water partition coefficient (Wildman–Crippen LogP) is 4.24. The van der Waals surface area contributed by atoms with Crippen molar-refractivity contribution >= 4 is 11.6 Å². The van der Waals surface area contributed by atoms with Gasteiger partial charge in [0.2, 0.25) is 5.82 Å². The number of aromatic nitrogens is 3. The normalized spacial score (nSPS) is 10.9. The van der Waals surface area contributed by atoms with Crippen molar-refractivity contribution in [3.8, 4) is 28.6 Å². The molecule has 2 heterocycles. The van der Waals surface area contributed by atoms with Crippen LogP contribution in [0.2, 0.25) is 5.02 Å². The fraction of sp³-hybridized carbons (Fsp3) is 0.188. The van der Waals surface area contributed by atoms with Crippen molar-refractivity contribution in [2.45, 2.75) is 20.0 Å². The van der Waals surface area contributed by atoms with Crippen molar-refractivity contribution in [1.82, 2.24) is 15.1 Å². The Morgan fingerprint density at radius 2 is 2.05 bits per heavy atom. The number of ether oxygens (including phenoxy) is 1. The van der Waals surface area contributed by atoms with Gasteiger partial charge in [0.15, 0.2) is 0 Å². The second-order valence-corrected chi connectivity index (χ2v) is 5.38. The van der Waals surface area contributed by atoms with Gasteiger partial charge in [0.05, 0.1) is 16.7 Å². The van der Waals surface area contributed by atoms with Crippen molar-refractivity contribution in [2.24, 2.45) is 0 Å². The summed E-state index contributed by atoms with van der Waals surface area (Å²) in [6.07, 6.45) is 3.42. The van der Waals surface area contributed by atoms with Gasteiger partial charge in [-0.05, 0) is 44.2 Å². The molecular formula is C16H14ClN3O2. The van der Waals surface area contributed by atoms with Gasteiger partial charge in [-0.15, -0.1) is 0 Å². The zero-order valence-electron chi connectivity index (χ0n) is 12.2. The van der Waals surface area contributed by atoms with E-state index in [0.717, 1.165) is 11.1 Å². The molecule has 2 aromatic heterocycles. The van der Waals surface area contributed by atoms with Gasteiger partial charge >= 0.3 is 0 Å². The molecule has 0 radical (unpaired) electrons. The molecular weight excluding hydrogens is 302 g/mol. The summed E-state index contributed by atoms with van der Waals surface area (Å²) in [6, 6.07) is 9.08. The highest BCUT2D eigenvalue weighted by molar-refractivity contribution is 6.32. The molecule has 0 amide bonds. The Labute approximate surface area is 132 Å². The minimum absolute atomic E-state index is 0.0608. The summed E-state index contributed by atoms with van der Waals surface area (Å²) in [5.74, 6) is 1.52. The van der Waals surface area contributed by atoms with Crippen LogP contribution >= 0.6 is 11.6 Å². The Morgan fingerprint density at radius 1 is 1.18 bits per heavy atom. The summed E-state index contributed by atoms with van der Waals surface area (Å²) in [4.78, 5) is 8.40. The van der Waals surface area contributed by atoms with Gasteiger partial charge in [-0.2, -0.15) is 4.98 Å². The van der Waals surface area contributed by atoms with Crippen LogP contribution < -0.4 is 4.74 Å². The SMILES string of the molecule is CC(C)Oc1ccc(-c2noc(-c3cccnc3)n2)cc1Cl. The molecule has 0 atom stereocenters. The largest absolute Gasteiger partial charge is 0.489 e. The lowest BCUT2D eigenvalue weighted by Crippen LogP contribution is -2.05. The molecule has 0 saturated heterocycles. The summed E-state index contributed by atoms with van der Waals surface area (Å²) in [7, 11) is 0. The molecule has 0 unspecified atom stereocenters. The maximum atomic E-state index is 6.23. The van der Waals surface area contributed by atoms with Crippen molar-refractivity contribution in [3.05, 3.63) is 47.7 Å². The van der Waals surface area contributed by atoms with E-state index in [1.165, 1.54) is 0 Å². The van der Waals surface area contributed by atoms with Crippen LogP contribution in [-0.4, -0.2) is 21.2 Å². The molecule has 112 valence electrons. The lowest BCUT2D eigenvalue weighted by molar-refractivity contribution is 0.242. The van der Waals surface area contributed by atoms with Crippen LogP contribution in [0.5, 0.6) is 5.75 Å². The average Bonchev–Trinajstić information content (AvgIpc) is 3.00. The summed E-state index contributed by atoms with van der Waals surface area (Å²) in [6.45, 7) is 3.90. The van der Waals surface area contributed by atoms with Crippen LogP contribution in [-0.2, 0) is 0 Å².